The maximum absolute atomic E-state index is 13.0. The minimum absolute atomic E-state index is 0.0241. The highest BCUT2D eigenvalue weighted by atomic mass is 16.2. The van der Waals surface area contributed by atoms with E-state index < -0.39 is 6.04 Å². The Morgan fingerprint density at radius 3 is 2.04 bits per heavy atom. The van der Waals surface area contributed by atoms with Gasteiger partial charge in [-0.1, -0.05) is 67.6 Å². The molecule has 0 aliphatic carbocycles. The summed E-state index contributed by atoms with van der Waals surface area (Å²) in [5.41, 5.74) is 2.12. The van der Waals surface area contributed by atoms with Gasteiger partial charge in [0.15, 0.2) is 0 Å². The molecule has 0 aromatic heterocycles. The molecule has 4 nitrogen and oxygen atoms in total. The summed E-state index contributed by atoms with van der Waals surface area (Å²) in [4.78, 5) is 27.3. The zero-order valence-corrected chi connectivity index (χ0v) is 16.5. The molecular weight excluding hydrogens is 336 g/mol. The van der Waals surface area contributed by atoms with E-state index in [1.807, 2.05) is 81.4 Å². The number of nitrogens with zero attached hydrogens (tertiary/aromatic N) is 1. The van der Waals surface area contributed by atoms with Crippen LogP contribution in [0.1, 0.15) is 38.3 Å². The predicted octanol–water partition coefficient (Wildman–Crippen LogP) is 3.60. The lowest BCUT2D eigenvalue weighted by Gasteiger charge is -2.29. The highest BCUT2D eigenvalue weighted by Crippen LogP contribution is 2.10. The van der Waals surface area contributed by atoms with E-state index >= 15 is 0 Å². The number of benzene rings is 2. The maximum atomic E-state index is 13.0. The van der Waals surface area contributed by atoms with Crippen LogP contribution in [0.2, 0.25) is 0 Å². The maximum Gasteiger partial charge on any atom is 0.242 e. The van der Waals surface area contributed by atoms with Gasteiger partial charge in [0, 0.05) is 12.6 Å². The first-order valence-electron chi connectivity index (χ1n) is 9.69. The summed E-state index contributed by atoms with van der Waals surface area (Å²) >= 11 is 0. The molecule has 144 valence electrons. The molecule has 0 saturated carbocycles. The third-order valence-electron chi connectivity index (χ3n) is 4.85. The van der Waals surface area contributed by atoms with Crippen molar-refractivity contribution in [3.63, 3.8) is 0 Å². The highest BCUT2D eigenvalue weighted by molar-refractivity contribution is 5.88. The second-order valence-electron chi connectivity index (χ2n) is 6.98. The van der Waals surface area contributed by atoms with Gasteiger partial charge in [-0.15, -0.1) is 0 Å². The number of rotatable bonds is 9. The van der Waals surface area contributed by atoms with Gasteiger partial charge in [-0.3, -0.25) is 9.59 Å². The van der Waals surface area contributed by atoms with Gasteiger partial charge in [0.2, 0.25) is 11.8 Å². The smallest absolute Gasteiger partial charge is 0.242 e. The number of carbonyl (C=O) groups is 2. The van der Waals surface area contributed by atoms with E-state index in [0.29, 0.717) is 13.0 Å². The molecule has 2 rings (SSSR count). The summed E-state index contributed by atoms with van der Waals surface area (Å²) in [5.74, 6) is -0.122. The topological polar surface area (TPSA) is 49.4 Å². The van der Waals surface area contributed by atoms with E-state index in [-0.39, 0.29) is 17.9 Å². The molecule has 0 bridgehead atoms. The number of hydrogen-bond donors (Lipinski definition) is 1. The molecule has 2 atom stereocenters. The third kappa shape index (κ3) is 6.55. The number of amides is 2. The third-order valence-corrected chi connectivity index (χ3v) is 4.85. The standard InChI is InChI=1S/C23H30N2O2/c1-4-18(2)24-23(27)19(3)25(16-15-20-11-7-5-8-12-20)22(26)17-21-13-9-6-10-14-21/h5-14,18-19H,4,15-17H2,1-3H3,(H,24,27)/t18-,19-/m0/s1. The van der Waals surface area contributed by atoms with E-state index in [2.05, 4.69) is 5.32 Å². The lowest BCUT2D eigenvalue weighted by atomic mass is 10.1. The molecular formula is C23H30N2O2. The van der Waals surface area contributed by atoms with Crippen molar-refractivity contribution in [1.82, 2.24) is 10.2 Å². The van der Waals surface area contributed by atoms with E-state index in [4.69, 9.17) is 0 Å². The molecule has 27 heavy (non-hydrogen) atoms. The Labute approximate surface area is 162 Å². The Hall–Kier alpha value is -2.62. The molecule has 0 aliphatic rings. The van der Waals surface area contributed by atoms with Crippen LogP contribution in [-0.2, 0) is 22.4 Å². The fourth-order valence-corrected chi connectivity index (χ4v) is 2.91. The minimum atomic E-state index is -0.501. The van der Waals surface area contributed by atoms with Crippen molar-refractivity contribution in [3.8, 4) is 0 Å². The molecule has 0 heterocycles. The quantitative estimate of drug-likeness (QED) is 0.737. The SMILES string of the molecule is CC[C@H](C)NC(=O)[C@H](C)N(CCc1ccccc1)C(=O)Cc1ccccc1. The molecule has 0 saturated heterocycles. The van der Waals surface area contributed by atoms with Crippen LogP contribution in [0.5, 0.6) is 0 Å². The van der Waals surface area contributed by atoms with Gasteiger partial charge >= 0.3 is 0 Å². The predicted molar refractivity (Wildman–Crippen MR) is 109 cm³/mol. The molecule has 2 aromatic rings. The Kier molecular flexibility index (Phi) is 8.05. The molecule has 4 heteroatoms. The van der Waals surface area contributed by atoms with Crippen molar-refractivity contribution in [1.29, 1.82) is 0 Å². The van der Waals surface area contributed by atoms with Gasteiger partial charge in [-0.05, 0) is 37.8 Å². The summed E-state index contributed by atoms with van der Waals surface area (Å²) in [5, 5.41) is 2.99. The largest absolute Gasteiger partial charge is 0.352 e. The first-order chi connectivity index (χ1) is 13.0. The molecule has 0 radical (unpaired) electrons. The number of nitrogens with one attached hydrogen (secondary N) is 1. The average Bonchev–Trinajstić information content (AvgIpc) is 2.69. The van der Waals surface area contributed by atoms with Crippen LogP contribution in [-0.4, -0.2) is 35.3 Å². The summed E-state index contributed by atoms with van der Waals surface area (Å²) in [6.07, 6.45) is 1.89. The van der Waals surface area contributed by atoms with Crippen LogP contribution in [0.4, 0.5) is 0 Å². The van der Waals surface area contributed by atoms with Crippen molar-refractivity contribution >= 4 is 11.8 Å². The summed E-state index contributed by atoms with van der Waals surface area (Å²) in [6.45, 7) is 6.34. The van der Waals surface area contributed by atoms with Gasteiger partial charge in [0.25, 0.3) is 0 Å². The van der Waals surface area contributed by atoms with Crippen LogP contribution in [0.3, 0.4) is 0 Å². The monoisotopic (exact) mass is 366 g/mol. The van der Waals surface area contributed by atoms with Crippen LogP contribution >= 0.6 is 0 Å². The van der Waals surface area contributed by atoms with Crippen molar-refractivity contribution in [2.24, 2.45) is 0 Å². The fourth-order valence-electron chi connectivity index (χ4n) is 2.91. The Morgan fingerprint density at radius 1 is 0.926 bits per heavy atom. The van der Waals surface area contributed by atoms with Gasteiger partial charge < -0.3 is 10.2 Å². The first-order valence-corrected chi connectivity index (χ1v) is 9.69. The van der Waals surface area contributed by atoms with Crippen LogP contribution in [0.15, 0.2) is 60.7 Å². The lowest BCUT2D eigenvalue weighted by molar-refractivity contribution is -0.139. The van der Waals surface area contributed by atoms with Crippen molar-refractivity contribution < 1.29 is 9.59 Å². The molecule has 0 fully saturated rings. The Morgan fingerprint density at radius 2 is 1.48 bits per heavy atom. The molecule has 1 N–H and O–H groups in total. The number of carbonyl (C=O) groups excluding carboxylic acids is 2. The molecule has 0 unspecified atom stereocenters. The average molecular weight is 367 g/mol. The first kappa shape index (κ1) is 20.7. The van der Waals surface area contributed by atoms with Crippen LogP contribution in [0.25, 0.3) is 0 Å². The summed E-state index contributed by atoms with van der Waals surface area (Å²) < 4.78 is 0. The number of hydrogen-bond acceptors (Lipinski definition) is 2. The van der Waals surface area contributed by atoms with Crippen molar-refractivity contribution in [3.05, 3.63) is 71.8 Å². The zero-order valence-electron chi connectivity index (χ0n) is 16.5. The second kappa shape index (κ2) is 10.5. The zero-order chi connectivity index (χ0) is 19.6. The summed E-state index contributed by atoms with van der Waals surface area (Å²) in [6, 6.07) is 19.3. The highest BCUT2D eigenvalue weighted by Gasteiger charge is 2.26. The molecule has 0 spiro atoms. The van der Waals surface area contributed by atoms with Gasteiger partial charge in [-0.25, -0.2) is 0 Å². The lowest BCUT2D eigenvalue weighted by Crippen LogP contribution is -2.50. The second-order valence-corrected chi connectivity index (χ2v) is 6.98. The van der Waals surface area contributed by atoms with E-state index in [0.717, 1.165) is 24.0 Å². The van der Waals surface area contributed by atoms with Gasteiger partial charge in [0.05, 0.1) is 6.42 Å². The van der Waals surface area contributed by atoms with Gasteiger partial charge in [-0.2, -0.15) is 0 Å². The van der Waals surface area contributed by atoms with Gasteiger partial charge in [0.1, 0.15) is 6.04 Å². The summed E-state index contributed by atoms with van der Waals surface area (Å²) in [7, 11) is 0. The van der Waals surface area contributed by atoms with E-state index in [9.17, 15) is 9.59 Å². The molecule has 2 amide bonds. The van der Waals surface area contributed by atoms with Crippen LogP contribution < -0.4 is 5.32 Å². The van der Waals surface area contributed by atoms with E-state index in [1.54, 1.807) is 4.90 Å². The Bertz CT molecular complexity index is 716. The minimum Gasteiger partial charge on any atom is -0.352 e. The van der Waals surface area contributed by atoms with Crippen molar-refractivity contribution in [2.75, 3.05) is 6.54 Å². The molecule has 0 aliphatic heterocycles. The van der Waals surface area contributed by atoms with Crippen LogP contribution in [0, 0.1) is 0 Å². The fraction of sp³-hybridized carbons (Fsp3) is 0.391. The molecule has 2 aromatic carbocycles. The van der Waals surface area contributed by atoms with Crippen molar-refractivity contribution in [2.45, 2.75) is 52.1 Å². The Balaban J connectivity index is 2.11. The van der Waals surface area contributed by atoms with E-state index in [1.165, 1.54) is 0 Å². The normalized spacial score (nSPS) is 12.9.